The van der Waals surface area contributed by atoms with E-state index in [1.807, 2.05) is 20.8 Å². The molecule has 2 amide bonds. The number of rotatable bonds is 5. The first-order valence-corrected chi connectivity index (χ1v) is 7.04. The molecule has 4 nitrogen and oxygen atoms in total. The molecule has 19 heavy (non-hydrogen) atoms. The van der Waals surface area contributed by atoms with Crippen molar-refractivity contribution < 1.29 is 9.59 Å². The number of amides is 2. The molecular weight excluding hydrogens is 240 g/mol. The Bertz CT molecular complexity index is 363. The van der Waals surface area contributed by atoms with Crippen LogP contribution >= 0.6 is 0 Å². The molecule has 0 bridgehead atoms. The lowest BCUT2D eigenvalue weighted by Crippen LogP contribution is -2.66. The first kappa shape index (κ1) is 15.7. The number of piperazine rings is 1. The van der Waals surface area contributed by atoms with Crippen molar-refractivity contribution >= 4 is 11.8 Å². The normalized spacial score (nSPS) is 25.7. The summed E-state index contributed by atoms with van der Waals surface area (Å²) in [4.78, 5) is 26.5. The van der Waals surface area contributed by atoms with Crippen LogP contribution in [0.25, 0.3) is 0 Å². The van der Waals surface area contributed by atoms with Crippen molar-refractivity contribution in [2.45, 2.75) is 59.2 Å². The number of nitrogens with zero attached hydrogens (tertiary/aromatic N) is 1. The van der Waals surface area contributed by atoms with Gasteiger partial charge < -0.3 is 10.2 Å². The summed E-state index contributed by atoms with van der Waals surface area (Å²) < 4.78 is 0. The quantitative estimate of drug-likeness (QED) is 0.773. The maximum absolute atomic E-state index is 12.6. The molecule has 1 aliphatic rings. The average Bonchev–Trinajstić information content (AvgIpc) is 2.30. The highest BCUT2D eigenvalue weighted by Crippen LogP contribution is 2.23. The van der Waals surface area contributed by atoms with E-state index in [0.717, 1.165) is 0 Å². The molecule has 1 heterocycles. The van der Waals surface area contributed by atoms with Gasteiger partial charge in [0.15, 0.2) is 0 Å². The van der Waals surface area contributed by atoms with Gasteiger partial charge in [-0.05, 0) is 25.2 Å². The molecule has 0 aromatic carbocycles. The highest BCUT2D eigenvalue weighted by molar-refractivity contribution is 5.97. The van der Waals surface area contributed by atoms with Gasteiger partial charge in [-0.2, -0.15) is 0 Å². The molecule has 1 N–H and O–H groups in total. The van der Waals surface area contributed by atoms with Crippen LogP contribution in [-0.4, -0.2) is 34.8 Å². The molecule has 3 atom stereocenters. The van der Waals surface area contributed by atoms with E-state index in [9.17, 15) is 9.59 Å². The van der Waals surface area contributed by atoms with E-state index < -0.39 is 12.1 Å². The van der Waals surface area contributed by atoms with Gasteiger partial charge in [-0.1, -0.05) is 33.8 Å². The Morgan fingerprint density at radius 3 is 2.26 bits per heavy atom. The van der Waals surface area contributed by atoms with E-state index in [-0.39, 0.29) is 23.8 Å². The highest BCUT2D eigenvalue weighted by atomic mass is 16.2. The largest absolute Gasteiger partial charge is 0.342 e. The van der Waals surface area contributed by atoms with E-state index in [1.54, 1.807) is 11.0 Å². The van der Waals surface area contributed by atoms with Crippen LogP contribution in [0.5, 0.6) is 0 Å². The summed E-state index contributed by atoms with van der Waals surface area (Å²) in [5.74, 6) is 0.422. The number of hydrogen-bond donors (Lipinski definition) is 1. The van der Waals surface area contributed by atoms with E-state index in [2.05, 4.69) is 25.7 Å². The van der Waals surface area contributed by atoms with Crippen molar-refractivity contribution in [3.05, 3.63) is 12.7 Å². The van der Waals surface area contributed by atoms with E-state index >= 15 is 0 Å². The summed E-state index contributed by atoms with van der Waals surface area (Å²) in [5, 5.41) is 2.87. The summed E-state index contributed by atoms with van der Waals surface area (Å²) in [5.41, 5.74) is 0. The molecular formula is C15H26N2O2. The lowest BCUT2D eigenvalue weighted by atomic mass is 9.92. The van der Waals surface area contributed by atoms with Crippen LogP contribution in [-0.2, 0) is 9.59 Å². The van der Waals surface area contributed by atoms with Crippen molar-refractivity contribution in [1.29, 1.82) is 0 Å². The Morgan fingerprint density at radius 1 is 1.26 bits per heavy atom. The van der Waals surface area contributed by atoms with Crippen LogP contribution in [0, 0.1) is 11.8 Å². The molecule has 1 fully saturated rings. The molecule has 1 aliphatic heterocycles. The van der Waals surface area contributed by atoms with E-state index in [1.165, 1.54) is 0 Å². The molecule has 0 spiro atoms. The van der Waals surface area contributed by atoms with Gasteiger partial charge in [0.2, 0.25) is 11.8 Å². The van der Waals surface area contributed by atoms with E-state index in [4.69, 9.17) is 0 Å². The summed E-state index contributed by atoms with van der Waals surface area (Å²) >= 11 is 0. The van der Waals surface area contributed by atoms with Crippen LogP contribution in [0.4, 0.5) is 0 Å². The summed E-state index contributed by atoms with van der Waals surface area (Å²) in [6.45, 7) is 13.7. The number of nitrogens with one attached hydrogen (secondary N) is 1. The lowest BCUT2D eigenvalue weighted by Gasteiger charge is -2.43. The predicted molar refractivity (Wildman–Crippen MR) is 76.5 cm³/mol. The lowest BCUT2D eigenvalue weighted by molar-refractivity contribution is -0.153. The topological polar surface area (TPSA) is 49.4 Å². The molecule has 0 saturated carbocycles. The standard InChI is InChI=1S/C15H26N2O2/c1-7-11(6)17-13(10(4)5)14(18)16-12(15(17)19)8-9(2)3/h7,9-13H,1,8H2,2-6H3,(H,16,18). The maximum Gasteiger partial charge on any atom is 0.246 e. The fourth-order valence-corrected chi connectivity index (χ4v) is 2.58. The number of hydrogen-bond acceptors (Lipinski definition) is 2. The van der Waals surface area contributed by atoms with Crippen molar-refractivity contribution in [3.8, 4) is 0 Å². The van der Waals surface area contributed by atoms with Gasteiger partial charge in [0, 0.05) is 6.04 Å². The Labute approximate surface area is 116 Å². The third-order valence-electron chi connectivity index (χ3n) is 3.56. The average molecular weight is 266 g/mol. The number of carbonyl (C=O) groups excluding carboxylic acids is 2. The zero-order valence-corrected chi connectivity index (χ0v) is 12.6. The second-order valence-electron chi connectivity index (χ2n) is 6.10. The second-order valence-corrected chi connectivity index (χ2v) is 6.10. The molecule has 0 aromatic rings. The monoisotopic (exact) mass is 266 g/mol. The summed E-state index contributed by atoms with van der Waals surface area (Å²) in [6.07, 6.45) is 2.40. The molecule has 108 valence electrons. The Morgan fingerprint density at radius 2 is 1.84 bits per heavy atom. The zero-order valence-electron chi connectivity index (χ0n) is 12.6. The molecule has 1 saturated heterocycles. The molecule has 0 radical (unpaired) electrons. The third-order valence-corrected chi connectivity index (χ3v) is 3.56. The van der Waals surface area contributed by atoms with Crippen molar-refractivity contribution in [2.24, 2.45) is 11.8 Å². The van der Waals surface area contributed by atoms with Crippen LogP contribution in [0.3, 0.4) is 0 Å². The van der Waals surface area contributed by atoms with Gasteiger partial charge in [0.05, 0.1) is 0 Å². The van der Waals surface area contributed by atoms with Crippen molar-refractivity contribution in [3.63, 3.8) is 0 Å². The molecule has 4 heteroatoms. The van der Waals surface area contributed by atoms with Gasteiger partial charge in [0.1, 0.15) is 12.1 Å². The minimum absolute atomic E-state index is 0.0133. The SMILES string of the molecule is C=CC(C)N1C(=O)C(CC(C)C)NC(=O)C1C(C)C. The smallest absolute Gasteiger partial charge is 0.246 e. The van der Waals surface area contributed by atoms with Crippen LogP contribution in [0.15, 0.2) is 12.7 Å². The summed E-state index contributed by atoms with van der Waals surface area (Å²) in [6, 6.07) is -0.922. The van der Waals surface area contributed by atoms with Crippen molar-refractivity contribution in [1.82, 2.24) is 10.2 Å². The van der Waals surface area contributed by atoms with Gasteiger partial charge in [-0.15, -0.1) is 6.58 Å². The maximum atomic E-state index is 12.6. The van der Waals surface area contributed by atoms with Gasteiger partial charge in [-0.25, -0.2) is 0 Å². The fourth-order valence-electron chi connectivity index (χ4n) is 2.58. The molecule has 0 aliphatic carbocycles. The zero-order chi connectivity index (χ0) is 14.7. The molecule has 3 unspecified atom stereocenters. The van der Waals surface area contributed by atoms with Gasteiger partial charge in [0.25, 0.3) is 0 Å². The summed E-state index contributed by atoms with van der Waals surface area (Å²) in [7, 11) is 0. The predicted octanol–water partition coefficient (Wildman–Crippen LogP) is 1.96. The first-order chi connectivity index (χ1) is 8.79. The second kappa shape index (κ2) is 6.22. The van der Waals surface area contributed by atoms with E-state index in [0.29, 0.717) is 12.3 Å². The van der Waals surface area contributed by atoms with Crippen LogP contribution in [0.2, 0.25) is 0 Å². The highest BCUT2D eigenvalue weighted by Gasteiger charge is 2.43. The Kier molecular flexibility index (Phi) is 5.15. The number of carbonyl (C=O) groups is 2. The minimum Gasteiger partial charge on any atom is -0.342 e. The van der Waals surface area contributed by atoms with Crippen LogP contribution < -0.4 is 5.32 Å². The fraction of sp³-hybridized carbons (Fsp3) is 0.733. The Balaban J connectivity index is 3.04. The Hall–Kier alpha value is -1.32. The van der Waals surface area contributed by atoms with Gasteiger partial charge >= 0.3 is 0 Å². The molecule has 0 aromatic heterocycles. The van der Waals surface area contributed by atoms with Crippen LogP contribution in [0.1, 0.15) is 41.0 Å². The van der Waals surface area contributed by atoms with Gasteiger partial charge in [-0.3, -0.25) is 9.59 Å². The van der Waals surface area contributed by atoms with Crippen molar-refractivity contribution in [2.75, 3.05) is 0 Å². The minimum atomic E-state index is -0.399. The first-order valence-electron chi connectivity index (χ1n) is 7.04. The molecule has 1 rings (SSSR count). The third kappa shape index (κ3) is 3.37.